The number of aliphatic hydroxyl groups is 1. The number of hydrogen-bond acceptors (Lipinski definition) is 7. The lowest BCUT2D eigenvalue weighted by Crippen LogP contribution is -2.38. The Morgan fingerprint density at radius 1 is 1.28 bits per heavy atom. The maximum atomic E-state index is 12.6. The SMILES string of the molecule is Cc1ccc(S(=O)(=O)NCC(C)(C)O)cc1-c1cnc(N)c(-c2cnn(C)c2)n1. The molecule has 0 saturated carbocycles. The standard InChI is InChI=1S/C19H24N6O3S/c1-12-5-6-14(29(27,28)23-11-19(2,3)26)7-15(12)16-9-21-18(20)17(24-16)13-8-22-25(4)10-13/h5-10,23,26H,11H2,1-4H3,(H2,20,21). The van der Waals surface area contributed by atoms with Crippen LogP contribution in [0, 0.1) is 6.92 Å². The molecule has 0 atom stereocenters. The van der Waals surface area contributed by atoms with Crippen LogP contribution in [0.4, 0.5) is 5.82 Å². The van der Waals surface area contributed by atoms with Crippen molar-refractivity contribution in [2.45, 2.75) is 31.3 Å². The minimum Gasteiger partial charge on any atom is -0.389 e. The first-order chi connectivity index (χ1) is 13.5. The lowest BCUT2D eigenvalue weighted by Gasteiger charge is -2.18. The van der Waals surface area contributed by atoms with Crippen molar-refractivity contribution < 1.29 is 13.5 Å². The van der Waals surface area contributed by atoms with Gasteiger partial charge < -0.3 is 10.8 Å². The molecular formula is C19H24N6O3S. The van der Waals surface area contributed by atoms with Crippen LogP contribution in [0.2, 0.25) is 0 Å². The number of nitrogens with one attached hydrogen (secondary N) is 1. The van der Waals surface area contributed by atoms with Crippen LogP contribution in [-0.4, -0.2) is 45.4 Å². The highest BCUT2D eigenvalue weighted by molar-refractivity contribution is 7.89. The minimum absolute atomic E-state index is 0.0731. The van der Waals surface area contributed by atoms with E-state index < -0.39 is 15.6 Å². The molecule has 9 nitrogen and oxygen atoms in total. The average Bonchev–Trinajstić information content (AvgIpc) is 3.06. The van der Waals surface area contributed by atoms with E-state index in [1.807, 2.05) is 6.92 Å². The molecule has 0 unspecified atom stereocenters. The molecule has 0 radical (unpaired) electrons. The number of hydrogen-bond donors (Lipinski definition) is 3. The molecule has 0 aliphatic heterocycles. The van der Waals surface area contributed by atoms with Crippen LogP contribution in [0.5, 0.6) is 0 Å². The zero-order valence-corrected chi connectivity index (χ0v) is 17.5. The lowest BCUT2D eigenvalue weighted by molar-refractivity contribution is 0.0857. The quantitative estimate of drug-likeness (QED) is 0.554. The number of benzene rings is 1. The zero-order valence-electron chi connectivity index (χ0n) is 16.7. The summed E-state index contributed by atoms with van der Waals surface area (Å²) in [5.41, 5.74) is 7.96. The summed E-state index contributed by atoms with van der Waals surface area (Å²) in [4.78, 5) is 8.90. The maximum absolute atomic E-state index is 12.6. The first-order valence-electron chi connectivity index (χ1n) is 8.91. The average molecular weight is 417 g/mol. The van der Waals surface area contributed by atoms with E-state index >= 15 is 0 Å². The van der Waals surface area contributed by atoms with Gasteiger partial charge in [0.15, 0.2) is 0 Å². The summed E-state index contributed by atoms with van der Waals surface area (Å²) in [6.45, 7) is 4.81. The number of aryl methyl sites for hydroxylation is 2. The molecular weight excluding hydrogens is 392 g/mol. The van der Waals surface area contributed by atoms with Crippen molar-refractivity contribution in [2.75, 3.05) is 12.3 Å². The molecule has 3 aromatic rings. The Balaban J connectivity index is 2.03. The number of nitrogens with two attached hydrogens (primary N) is 1. The molecule has 29 heavy (non-hydrogen) atoms. The second kappa shape index (κ2) is 7.54. The van der Waals surface area contributed by atoms with Gasteiger partial charge in [-0.1, -0.05) is 6.07 Å². The topological polar surface area (TPSA) is 136 Å². The smallest absolute Gasteiger partial charge is 0.240 e. The van der Waals surface area contributed by atoms with Crippen molar-refractivity contribution >= 4 is 15.8 Å². The van der Waals surface area contributed by atoms with Gasteiger partial charge in [-0.15, -0.1) is 0 Å². The van der Waals surface area contributed by atoms with Crippen molar-refractivity contribution in [1.29, 1.82) is 0 Å². The van der Waals surface area contributed by atoms with E-state index in [2.05, 4.69) is 19.8 Å². The third-order valence-corrected chi connectivity index (χ3v) is 5.67. The van der Waals surface area contributed by atoms with Gasteiger partial charge in [-0.05, 0) is 38.5 Å². The summed E-state index contributed by atoms with van der Waals surface area (Å²) in [6.07, 6.45) is 4.93. The molecule has 10 heteroatoms. The Kier molecular flexibility index (Phi) is 5.44. The number of rotatable bonds is 6. The Morgan fingerprint density at radius 3 is 2.62 bits per heavy atom. The Bertz CT molecular complexity index is 1150. The van der Waals surface area contributed by atoms with Gasteiger partial charge in [-0.2, -0.15) is 5.10 Å². The zero-order chi connectivity index (χ0) is 21.4. The van der Waals surface area contributed by atoms with Crippen LogP contribution in [0.1, 0.15) is 19.4 Å². The second-order valence-electron chi connectivity index (χ2n) is 7.51. The van der Waals surface area contributed by atoms with E-state index in [9.17, 15) is 13.5 Å². The first kappa shape index (κ1) is 20.9. The molecule has 1 aromatic carbocycles. The van der Waals surface area contributed by atoms with Gasteiger partial charge in [0.25, 0.3) is 0 Å². The fraction of sp³-hybridized carbons (Fsp3) is 0.316. The summed E-state index contributed by atoms with van der Waals surface area (Å²) in [5.74, 6) is 0.259. The molecule has 0 amide bonds. The van der Waals surface area contributed by atoms with E-state index in [-0.39, 0.29) is 17.3 Å². The highest BCUT2D eigenvalue weighted by Gasteiger charge is 2.21. The van der Waals surface area contributed by atoms with Crippen molar-refractivity contribution in [1.82, 2.24) is 24.5 Å². The summed E-state index contributed by atoms with van der Waals surface area (Å²) in [5, 5.41) is 13.9. The molecule has 2 aromatic heterocycles. The Hall–Kier alpha value is -2.82. The largest absolute Gasteiger partial charge is 0.389 e. The van der Waals surface area contributed by atoms with Crippen molar-refractivity contribution in [3.63, 3.8) is 0 Å². The van der Waals surface area contributed by atoms with Crippen LogP contribution in [-0.2, 0) is 17.1 Å². The van der Waals surface area contributed by atoms with Crippen molar-refractivity contribution in [3.8, 4) is 22.5 Å². The van der Waals surface area contributed by atoms with E-state index in [0.29, 0.717) is 22.5 Å². The summed E-state index contributed by atoms with van der Waals surface area (Å²) >= 11 is 0. The second-order valence-corrected chi connectivity index (χ2v) is 9.27. The lowest BCUT2D eigenvalue weighted by atomic mass is 10.1. The van der Waals surface area contributed by atoms with E-state index in [0.717, 1.165) is 5.56 Å². The van der Waals surface area contributed by atoms with Crippen LogP contribution < -0.4 is 10.5 Å². The highest BCUT2D eigenvalue weighted by Crippen LogP contribution is 2.29. The number of nitrogens with zero attached hydrogens (tertiary/aromatic N) is 4. The number of anilines is 1. The van der Waals surface area contributed by atoms with Crippen molar-refractivity contribution in [2.24, 2.45) is 7.05 Å². The molecule has 0 fully saturated rings. The molecule has 0 spiro atoms. The van der Waals surface area contributed by atoms with E-state index in [1.165, 1.54) is 32.2 Å². The van der Waals surface area contributed by atoms with E-state index in [1.54, 1.807) is 30.2 Å². The van der Waals surface area contributed by atoms with Crippen LogP contribution in [0.3, 0.4) is 0 Å². The fourth-order valence-electron chi connectivity index (χ4n) is 2.68. The molecule has 2 heterocycles. The fourth-order valence-corrected chi connectivity index (χ4v) is 3.91. The third kappa shape index (κ3) is 4.78. The van der Waals surface area contributed by atoms with Gasteiger partial charge in [0.1, 0.15) is 11.5 Å². The van der Waals surface area contributed by atoms with Crippen LogP contribution in [0.25, 0.3) is 22.5 Å². The predicted octanol–water partition coefficient (Wildman–Crippen LogP) is 1.48. The molecule has 4 N–H and O–H groups in total. The monoisotopic (exact) mass is 416 g/mol. The molecule has 0 aliphatic rings. The first-order valence-corrected chi connectivity index (χ1v) is 10.4. The summed E-state index contributed by atoms with van der Waals surface area (Å²) in [7, 11) is -2.02. The summed E-state index contributed by atoms with van der Waals surface area (Å²) in [6, 6.07) is 4.75. The van der Waals surface area contributed by atoms with Gasteiger partial charge in [-0.3, -0.25) is 4.68 Å². The minimum atomic E-state index is -3.80. The number of aromatic nitrogens is 4. The van der Waals surface area contributed by atoms with Crippen molar-refractivity contribution in [3.05, 3.63) is 42.4 Å². The molecule has 0 bridgehead atoms. The third-order valence-electron chi connectivity index (χ3n) is 4.27. The molecule has 3 rings (SSSR count). The van der Waals surface area contributed by atoms with Crippen LogP contribution >= 0.6 is 0 Å². The van der Waals surface area contributed by atoms with Gasteiger partial charge in [-0.25, -0.2) is 23.1 Å². The Labute approximate surface area is 169 Å². The summed E-state index contributed by atoms with van der Waals surface area (Å²) < 4.78 is 29.3. The number of sulfonamides is 1. The Morgan fingerprint density at radius 2 is 2.00 bits per heavy atom. The molecule has 0 saturated heterocycles. The van der Waals surface area contributed by atoms with E-state index in [4.69, 9.17) is 5.73 Å². The van der Waals surface area contributed by atoms with Gasteiger partial charge in [0.05, 0.1) is 28.6 Å². The predicted molar refractivity (Wildman–Crippen MR) is 110 cm³/mol. The van der Waals surface area contributed by atoms with Crippen LogP contribution in [0.15, 0.2) is 41.7 Å². The maximum Gasteiger partial charge on any atom is 0.240 e. The van der Waals surface area contributed by atoms with Gasteiger partial charge in [0.2, 0.25) is 10.0 Å². The van der Waals surface area contributed by atoms with Gasteiger partial charge in [0, 0.05) is 30.9 Å². The molecule has 0 aliphatic carbocycles. The number of nitrogen functional groups attached to an aromatic ring is 1. The van der Waals surface area contributed by atoms with Gasteiger partial charge >= 0.3 is 0 Å². The normalized spacial score (nSPS) is 12.3. The molecule has 154 valence electrons. The highest BCUT2D eigenvalue weighted by atomic mass is 32.2.